The highest BCUT2D eigenvalue weighted by atomic mass is 19.1. The molecule has 132 valence electrons. The number of aromatic carboxylic acids is 1. The van der Waals surface area contributed by atoms with Crippen molar-refractivity contribution in [1.82, 2.24) is 4.90 Å². The second-order valence-corrected chi connectivity index (χ2v) is 6.79. The minimum absolute atomic E-state index is 0.186. The standard InChI is InChI=1S/C21H24FNO2/c22-19-5-3-4-16(14-19)12-13-23(20-6-1-2-7-20)15-17-8-10-18(11-9-17)21(24)25/h3-5,8-11,14,20H,1-2,6-7,12-13,15H2,(H,24,25). The van der Waals surface area contributed by atoms with Gasteiger partial charge in [-0.05, 0) is 54.7 Å². The monoisotopic (exact) mass is 341 g/mol. The molecule has 3 nitrogen and oxygen atoms in total. The van der Waals surface area contributed by atoms with Crippen molar-refractivity contribution in [3.63, 3.8) is 0 Å². The van der Waals surface area contributed by atoms with Gasteiger partial charge in [-0.25, -0.2) is 9.18 Å². The highest BCUT2D eigenvalue weighted by Crippen LogP contribution is 2.25. The Morgan fingerprint density at radius 3 is 2.44 bits per heavy atom. The van der Waals surface area contributed by atoms with Gasteiger partial charge in [0.1, 0.15) is 5.82 Å². The SMILES string of the molecule is O=C(O)c1ccc(CN(CCc2cccc(F)c2)C2CCCC2)cc1. The lowest BCUT2D eigenvalue weighted by Crippen LogP contribution is -2.34. The Kier molecular flexibility index (Phi) is 5.82. The fourth-order valence-corrected chi connectivity index (χ4v) is 3.61. The molecule has 0 spiro atoms. The van der Waals surface area contributed by atoms with Gasteiger partial charge in [-0.15, -0.1) is 0 Å². The normalized spacial score (nSPS) is 15.0. The molecule has 0 heterocycles. The summed E-state index contributed by atoms with van der Waals surface area (Å²) in [6.45, 7) is 1.69. The maximum Gasteiger partial charge on any atom is 0.335 e. The summed E-state index contributed by atoms with van der Waals surface area (Å²) in [5, 5.41) is 9.02. The zero-order valence-electron chi connectivity index (χ0n) is 14.3. The molecule has 3 rings (SSSR count). The molecular formula is C21H24FNO2. The van der Waals surface area contributed by atoms with E-state index < -0.39 is 5.97 Å². The van der Waals surface area contributed by atoms with Crippen LogP contribution in [0.1, 0.15) is 47.2 Å². The molecule has 0 amide bonds. The first-order valence-electron chi connectivity index (χ1n) is 8.92. The van der Waals surface area contributed by atoms with E-state index in [0.717, 1.165) is 30.6 Å². The number of benzene rings is 2. The molecule has 0 saturated heterocycles. The fourth-order valence-electron chi connectivity index (χ4n) is 3.61. The second kappa shape index (κ2) is 8.26. The molecule has 1 fully saturated rings. The number of halogens is 1. The van der Waals surface area contributed by atoms with Gasteiger partial charge in [0.2, 0.25) is 0 Å². The van der Waals surface area contributed by atoms with Crippen molar-refractivity contribution >= 4 is 5.97 Å². The average molecular weight is 341 g/mol. The van der Waals surface area contributed by atoms with Crippen LogP contribution in [0.4, 0.5) is 4.39 Å². The summed E-state index contributed by atoms with van der Waals surface area (Å²) >= 11 is 0. The Labute approximate surface area is 148 Å². The number of carboxylic acid groups (broad SMARTS) is 1. The molecule has 2 aromatic rings. The van der Waals surface area contributed by atoms with Crippen molar-refractivity contribution in [2.45, 2.75) is 44.7 Å². The third kappa shape index (κ3) is 4.89. The quantitative estimate of drug-likeness (QED) is 0.805. The topological polar surface area (TPSA) is 40.5 Å². The van der Waals surface area contributed by atoms with Gasteiger partial charge in [0.25, 0.3) is 0 Å². The number of carboxylic acids is 1. The zero-order chi connectivity index (χ0) is 17.6. The summed E-state index contributed by atoms with van der Waals surface area (Å²) < 4.78 is 13.4. The molecule has 0 aliphatic heterocycles. The van der Waals surface area contributed by atoms with E-state index in [2.05, 4.69) is 4.90 Å². The van der Waals surface area contributed by atoms with Crippen LogP contribution in [0.3, 0.4) is 0 Å². The Morgan fingerprint density at radius 1 is 1.08 bits per heavy atom. The molecule has 25 heavy (non-hydrogen) atoms. The van der Waals surface area contributed by atoms with Crippen LogP contribution in [0.2, 0.25) is 0 Å². The molecule has 1 aliphatic carbocycles. The predicted octanol–water partition coefficient (Wildman–Crippen LogP) is 4.51. The van der Waals surface area contributed by atoms with Gasteiger partial charge in [-0.3, -0.25) is 4.90 Å². The Hall–Kier alpha value is -2.20. The first-order valence-corrected chi connectivity index (χ1v) is 8.92. The second-order valence-electron chi connectivity index (χ2n) is 6.79. The minimum atomic E-state index is -0.898. The van der Waals surface area contributed by atoms with E-state index in [-0.39, 0.29) is 5.82 Å². The number of carbonyl (C=O) groups is 1. The molecule has 2 aromatic carbocycles. The number of hydrogen-bond acceptors (Lipinski definition) is 2. The van der Waals surface area contributed by atoms with Crippen molar-refractivity contribution in [3.05, 3.63) is 71.0 Å². The maximum atomic E-state index is 13.4. The summed E-state index contributed by atoms with van der Waals surface area (Å²) in [5.41, 5.74) is 2.45. The summed E-state index contributed by atoms with van der Waals surface area (Å²) in [6, 6.07) is 14.5. The third-order valence-corrected chi connectivity index (χ3v) is 5.00. The zero-order valence-corrected chi connectivity index (χ0v) is 14.3. The van der Waals surface area contributed by atoms with Crippen LogP contribution in [0, 0.1) is 5.82 Å². The van der Waals surface area contributed by atoms with Gasteiger partial charge in [-0.1, -0.05) is 37.1 Å². The average Bonchev–Trinajstić information content (AvgIpc) is 3.13. The van der Waals surface area contributed by atoms with Crippen LogP contribution in [0.5, 0.6) is 0 Å². The van der Waals surface area contributed by atoms with E-state index in [4.69, 9.17) is 5.11 Å². The van der Waals surface area contributed by atoms with E-state index in [1.165, 1.54) is 31.7 Å². The number of hydrogen-bond donors (Lipinski definition) is 1. The Morgan fingerprint density at radius 2 is 1.80 bits per heavy atom. The highest BCUT2D eigenvalue weighted by Gasteiger charge is 2.22. The lowest BCUT2D eigenvalue weighted by atomic mass is 10.1. The van der Waals surface area contributed by atoms with Gasteiger partial charge < -0.3 is 5.11 Å². The summed E-state index contributed by atoms with van der Waals surface area (Å²) in [4.78, 5) is 13.5. The van der Waals surface area contributed by atoms with Crippen molar-refractivity contribution in [1.29, 1.82) is 0 Å². The Bertz CT molecular complexity index is 708. The van der Waals surface area contributed by atoms with E-state index in [9.17, 15) is 9.18 Å². The van der Waals surface area contributed by atoms with Crippen molar-refractivity contribution in [2.24, 2.45) is 0 Å². The van der Waals surface area contributed by atoms with Gasteiger partial charge >= 0.3 is 5.97 Å². The number of rotatable bonds is 7. The molecule has 1 aliphatic rings. The summed E-state index contributed by atoms with van der Waals surface area (Å²) in [7, 11) is 0. The third-order valence-electron chi connectivity index (χ3n) is 5.00. The van der Waals surface area contributed by atoms with Crippen LogP contribution in [-0.4, -0.2) is 28.6 Å². The smallest absolute Gasteiger partial charge is 0.335 e. The lowest BCUT2D eigenvalue weighted by molar-refractivity contribution is 0.0697. The van der Waals surface area contributed by atoms with Crippen LogP contribution < -0.4 is 0 Å². The van der Waals surface area contributed by atoms with E-state index >= 15 is 0 Å². The Balaban J connectivity index is 1.67. The molecular weight excluding hydrogens is 317 g/mol. The van der Waals surface area contributed by atoms with Gasteiger partial charge in [0.05, 0.1) is 5.56 Å². The molecule has 0 atom stereocenters. The van der Waals surface area contributed by atoms with E-state index in [1.54, 1.807) is 24.3 Å². The van der Waals surface area contributed by atoms with Crippen molar-refractivity contribution < 1.29 is 14.3 Å². The molecule has 0 unspecified atom stereocenters. The lowest BCUT2D eigenvalue weighted by Gasteiger charge is -2.29. The van der Waals surface area contributed by atoms with Crippen molar-refractivity contribution in [2.75, 3.05) is 6.54 Å². The van der Waals surface area contributed by atoms with E-state index in [1.807, 2.05) is 18.2 Å². The molecule has 0 radical (unpaired) electrons. The largest absolute Gasteiger partial charge is 0.478 e. The van der Waals surface area contributed by atoms with E-state index in [0.29, 0.717) is 11.6 Å². The maximum absolute atomic E-state index is 13.4. The van der Waals surface area contributed by atoms with Gasteiger partial charge in [0, 0.05) is 19.1 Å². The first-order chi connectivity index (χ1) is 12.1. The molecule has 1 saturated carbocycles. The van der Waals surface area contributed by atoms with Crippen LogP contribution in [0.25, 0.3) is 0 Å². The van der Waals surface area contributed by atoms with Crippen LogP contribution in [-0.2, 0) is 13.0 Å². The van der Waals surface area contributed by atoms with Crippen molar-refractivity contribution in [3.8, 4) is 0 Å². The fraction of sp³-hybridized carbons (Fsp3) is 0.381. The first kappa shape index (κ1) is 17.6. The van der Waals surface area contributed by atoms with Crippen LogP contribution in [0.15, 0.2) is 48.5 Å². The predicted molar refractivity (Wildman–Crippen MR) is 96.2 cm³/mol. The summed E-state index contributed by atoms with van der Waals surface area (Å²) in [5.74, 6) is -1.08. The van der Waals surface area contributed by atoms with Gasteiger partial charge in [0.15, 0.2) is 0 Å². The molecule has 0 aromatic heterocycles. The molecule has 1 N–H and O–H groups in total. The van der Waals surface area contributed by atoms with Crippen LogP contribution >= 0.6 is 0 Å². The summed E-state index contributed by atoms with van der Waals surface area (Å²) in [6.07, 6.45) is 5.76. The minimum Gasteiger partial charge on any atom is -0.478 e. The molecule has 0 bridgehead atoms. The number of nitrogens with zero attached hydrogens (tertiary/aromatic N) is 1. The van der Waals surface area contributed by atoms with Gasteiger partial charge in [-0.2, -0.15) is 0 Å². The highest BCUT2D eigenvalue weighted by molar-refractivity contribution is 5.87. The molecule has 4 heteroatoms.